The minimum Gasteiger partial charge on any atom is -0.469 e. The molecule has 0 saturated heterocycles. The lowest BCUT2D eigenvalue weighted by atomic mass is 10.1. The maximum atomic E-state index is 11.7. The van der Waals surface area contributed by atoms with Crippen molar-refractivity contribution >= 4 is 23.5 Å². The zero-order valence-electron chi connectivity index (χ0n) is 12.4. The third-order valence-electron chi connectivity index (χ3n) is 3.16. The van der Waals surface area contributed by atoms with Gasteiger partial charge in [-0.25, -0.2) is 0 Å². The van der Waals surface area contributed by atoms with Gasteiger partial charge in [-0.3, -0.25) is 9.59 Å². The molecule has 3 N–H and O–H groups in total. The molecule has 0 radical (unpaired) electrons. The number of benzene rings is 1. The van der Waals surface area contributed by atoms with Crippen LogP contribution in [-0.4, -0.2) is 32.1 Å². The first-order chi connectivity index (χ1) is 10.0. The Morgan fingerprint density at radius 2 is 2.00 bits per heavy atom. The van der Waals surface area contributed by atoms with E-state index in [1.165, 1.54) is 7.11 Å². The number of quaternary nitrogens is 1. The van der Waals surface area contributed by atoms with Gasteiger partial charge in [-0.1, -0.05) is 23.7 Å². The van der Waals surface area contributed by atoms with Crippen molar-refractivity contribution in [1.82, 2.24) is 5.32 Å². The molecule has 0 fully saturated rings. The van der Waals surface area contributed by atoms with Crippen LogP contribution in [0.25, 0.3) is 0 Å². The molecule has 1 amide bonds. The van der Waals surface area contributed by atoms with Crippen molar-refractivity contribution in [1.29, 1.82) is 0 Å². The van der Waals surface area contributed by atoms with Gasteiger partial charge in [0, 0.05) is 23.6 Å². The molecule has 21 heavy (non-hydrogen) atoms. The normalized spacial score (nSPS) is 11.8. The van der Waals surface area contributed by atoms with Crippen LogP contribution in [0.3, 0.4) is 0 Å². The molecule has 0 spiro atoms. The van der Waals surface area contributed by atoms with Crippen LogP contribution in [0, 0.1) is 0 Å². The molecule has 5 nitrogen and oxygen atoms in total. The molecule has 0 saturated carbocycles. The molecule has 6 heteroatoms. The summed E-state index contributed by atoms with van der Waals surface area (Å²) in [5, 5.41) is 5.44. The van der Waals surface area contributed by atoms with E-state index in [4.69, 9.17) is 11.6 Å². The maximum absolute atomic E-state index is 11.7. The maximum Gasteiger partial charge on any atom is 0.305 e. The number of amides is 1. The Labute approximate surface area is 130 Å². The van der Waals surface area contributed by atoms with Crippen LogP contribution in [0.4, 0.5) is 0 Å². The Hall–Kier alpha value is -1.59. The van der Waals surface area contributed by atoms with Crippen molar-refractivity contribution < 1.29 is 19.6 Å². The van der Waals surface area contributed by atoms with Gasteiger partial charge in [0.15, 0.2) is 6.54 Å². The van der Waals surface area contributed by atoms with E-state index in [1.54, 1.807) is 0 Å². The Bertz CT molecular complexity index is 462. The summed E-state index contributed by atoms with van der Waals surface area (Å²) >= 11 is 5.84. The standard InChI is InChI=1S/C15H21ClN2O3/c1-11(12-5-7-13(16)8-6-12)18-10-14(19)17-9-3-4-15(20)21-2/h5-8,11,18H,3-4,9-10H2,1-2H3,(H,17,19)/p+1/t11-/m1/s1. The molecule has 1 aromatic carbocycles. The highest BCUT2D eigenvalue weighted by molar-refractivity contribution is 6.30. The quantitative estimate of drug-likeness (QED) is 0.556. The molecule has 116 valence electrons. The third-order valence-corrected chi connectivity index (χ3v) is 3.41. The molecule has 0 aromatic heterocycles. The minimum atomic E-state index is -0.257. The van der Waals surface area contributed by atoms with Crippen molar-refractivity contribution in [2.75, 3.05) is 20.2 Å². The number of nitrogens with one attached hydrogen (secondary N) is 1. The van der Waals surface area contributed by atoms with E-state index >= 15 is 0 Å². The molecule has 0 bridgehead atoms. The Balaban J connectivity index is 2.20. The average molecular weight is 314 g/mol. The molecule has 0 unspecified atom stereocenters. The zero-order chi connectivity index (χ0) is 15.7. The van der Waals surface area contributed by atoms with E-state index < -0.39 is 0 Å². The van der Waals surface area contributed by atoms with Gasteiger partial charge in [-0.15, -0.1) is 0 Å². The van der Waals surface area contributed by atoms with Gasteiger partial charge in [0.1, 0.15) is 6.04 Å². The van der Waals surface area contributed by atoms with Gasteiger partial charge in [0.25, 0.3) is 5.91 Å². The van der Waals surface area contributed by atoms with E-state index in [-0.39, 0.29) is 17.9 Å². The Kier molecular flexibility index (Phi) is 7.79. The van der Waals surface area contributed by atoms with Crippen molar-refractivity contribution in [2.45, 2.75) is 25.8 Å². The monoisotopic (exact) mass is 313 g/mol. The highest BCUT2D eigenvalue weighted by Gasteiger charge is 2.11. The number of hydrogen-bond acceptors (Lipinski definition) is 3. The van der Waals surface area contributed by atoms with Crippen molar-refractivity contribution in [3.05, 3.63) is 34.9 Å². The lowest BCUT2D eigenvalue weighted by Gasteiger charge is -2.11. The predicted octanol–water partition coefficient (Wildman–Crippen LogP) is 1.03. The first-order valence-corrected chi connectivity index (χ1v) is 7.33. The number of hydrogen-bond donors (Lipinski definition) is 2. The van der Waals surface area contributed by atoms with Crippen molar-refractivity contribution in [3.63, 3.8) is 0 Å². The van der Waals surface area contributed by atoms with E-state index in [2.05, 4.69) is 10.1 Å². The van der Waals surface area contributed by atoms with Crippen LogP contribution in [0.15, 0.2) is 24.3 Å². The third kappa shape index (κ3) is 7.11. The minimum absolute atomic E-state index is 0.0410. The van der Waals surface area contributed by atoms with Gasteiger partial charge in [0.05, 0.1) is 7.11 Å². The van der Waals surface area contributed by atoms with Crippen molar-refractivity contribution in [3.8, 4) is 0 Å². The summed E-state index contributed by atoms with van der Waals surface area (Å²) < 4.78 is 4.53. The van der Waals surface area contributed by atoms with Crippen LogP contribution in [0.2, 0.25) is 5.02 Å². The summed E-state index contributed by atoms with van der Waals surface area (Å²) in [4.78, 5) is 22.6. The van der Waals surface area contributed by atoms with Crippen LogP contribution in [0.5, 0.6) is 0 Å². The summed E-state index contributed by atoms with van der Waals surface area (Å²) in [6.07, 6.45) is 0.910. The van der Waals surface area contributed by atoms with Crippen LogP contribution in [-0.2, 0) is 14.3 Å². The van der Waals surface area contributed by atoms with Crippen molar-refractivity contribution in [2.24, 2.45) is 0 Å². The number of esters is 1. The highest BCUT2D eigenvalue weighted by Crippen LogP contribution is 2.13. The van der Waals surface area contributed by atoms with Gasteiger partial charge < -0.3 is 15.4 Å². The summed E-state index contributed by atoms with van der Waals surface area (Å²) in [5.74, 6) is -0.298. The fraction of sp³-hybridized carbons (Fsp3) is 0.467. The summed E-state index contributed by atoms with van der Waals surface area (Å²) in [6, 6.07) is 7.78. The molecule has 0 aliphatic rings. The second-order valence-electron chi connectivity index (χ2n) is 4.81. The largest absolute Gasteiger partial charge is 0.469 e. The smallest absolute Gasteiger partial charge is 0.305 e. The fourth-order valence-electron chi connectivity index (χ4n) is 1.82. The topological polar surface area (TPSA) is 72.0 Å². The van der Waals surface area contributed by atoms with E-state index in [9.17, 15) is 9.59 Å². The first kappa shape index (κ1) is 17.5. The zero-order valence-corrected chi connectivity index (χ0v) is 13.2. The first-order valence-electron chi connectivity index (χ1n) is 6.95. The van der Waals surface area contributed by atoms with Gasteiger partial charge in [-0.2, -0.15) is 0 Å². The number of rotatable bonds is 8. The number of carbonyl (C=O) groups excluding carboxylic acids is 2. The Morgan fingerprint density at radius 1 is 1.33 bits per heavy atom. The average Bonchev–Trinajstić information content (AvgIpc) is 2.49. The number of methoxy groups -OCH3 is 1. The molecule has 1 aromatic rings. The predicted molar refractivity (Wildman–Crippen MR) is 80.9 cm³/mol. The van der Waals surface area contributed by atoms with E-state index in [0.29, 0.717) is 31.0 Å². The fourth-order valence-corrected chi connectivity index (χ4v) is 1.95. The van der Waals surface area contributed by atoms with Gasteiger partial charge in [0.2, 0.25) is 0 Å². The lowest BCUT2D eigenvalue weighted by Crippen LogP contribution is -2.87. The van der Waals surface area contributed by atoms with Crippen LogP contribution in [0.1, 0.15) is 31.4 Å². The molecule has 0 heterocycles. The lowest BCUT2D eigenvalue weighted by molar-refractivity contribution is -0.682. The Morgan fingerprint density at radius 3 is 2.62 bits per heavy atom. The SMILES string of the molecule is COC(=O)CCCNC(=O)C[NH2+][C@H](C)c1ccc(Cl)cc1. The number of nitrogens with two attached hydrogens (primary N) is 1. The van der Waals surface area contributed by atoms with Crippen LogP contribution >= 0.6 is 11.6 Å². The molecule has 1 atom stereocenters. The van der Waals surface area contributed by atoms with Crippen LogP contribution < -0.4 is 10.6 Å². The van der Waals surface area contributed by atoms with E-state index in [1.807, 2.05) is 36.5 Å². The molecular weight excluding hydrogens is 292 g/mol. The second kappa shape index (κ2) is 9.37. The van der Waals surface area contributed by atoms with Gasteiger partial charge in [-0.05, 0) is 25.5 Å². The molecule has 1 rings (SSSR count). The number of halogens is 1. The van der Waals surface area contributed by atoms with Gasteiger partial charge >= 0.3 is 5.97 Å². The summed E-state index contributed by atoms with van der Waals surface area (Å²) in [5.41, 5.74) is 1.12. The summed E-state index contributed by atoms with van der Waals surface area (Å²) in [6.45, 7) is 2.87. The molecule has 0 aliphatic carbocycles. The second-order valence-corrected chi connectivity index (χ2v) is 5.25. The number of carbonyl (C=O) groups is 2. The molecule has 0 aliphatic heterocycles. The highest BCUT2D eigenvalue weighted by atomic mass is 35.5. The molecular formula is C15H22ClN2O3+. The van der Waals surface area contributed by atoms with E-state index in [0.717, 1.165) is 5.56 Å². The summed E-state index contributed by atoms with van der Waals surface area (Å²) in [7, 11) is 1.36. The number of ether oxygens (including phenoxy) is 1.